The van der Waals surface area contributed by atoms with Crippen molar-refractivity contribution in [2.75, 3.05) is 11.1 Å². The molecule has 0 aliphatic heterocycles. The van der Waals surface area contributed by atoms with Crippen LogP contribution in [0.5, 0.6) is 0 Å². The quantitative estimate of drug-likeness (QED) is 0.525. The Kier molecular flexibility index (Phi) is 5.89. The van der Waals surface area contributed by atoms with Gasteiger partial charge in [-0.1, -0.05) is 30.8 Å². The number of nitriles is 1. The first-order chi connectivity index (χ1) is 13.1. The first kappa shape index (κ1) is 18.7. The molecule has 0 saturated heterocycles. The van der Waals surface area contributed by atoms with Gasteiger partial charge in [-0.15, -0.1) is 0 Å². The first-order valence-corrected chi connectivity index (χ1v) is 9.53. The summed E-state index contributed by atoms with van der Waals surface area (Å²) in [6.07, 6.45) is 0.797. The summed E-state index contributed by atoms with van der Waals surface area (Å²) in [6.45, 7) is 2.55. The maximum absolute atomic E-state index is 12.7. The van der Waals surface area contributed by atoms with E-state index in [1.807, 2.05) is 25.1 Å². The normalized spacial score (nSPS) is 10.5. The Bertz CT molecular complexity index is 1070. The lowest BCUT2D eigenvalue weighted by molar-refractivity contribution is -0.113. The number of amides is 1. The Hall–Kier alpha value is -3.11. The van der Waals surface area contributed by atoms with Crippen LogP contribution in [0.3, 0.4) is 0 Å². The number of para-hydroxylation sites is 1. The van der Waals surface area contributed by atoms with Crippen LogP contribution in [0.15, 0.2) is 58.5 Å². The Labute approximate surface area is 160 Å². The van der Waals surface area contributed by atoms with Crippen molar-refractivity contribution in [1.29, 1.82) is 5.26 Å². The Morgan fingerprint density at radius 3 is 2.67 bits per heavy atom. The van der Waals surface area contributed by atoms with Gasteiger partial charge in [0.15, 0.2) is 5.16 Å². The van der Waals surface area contributed by atoms with E-state index in [9.17, 15) is 9.59 Å². The number of benzene rings is 2. The maximum Gasteiger partial charge on any atom is 0.262 e. The topological polar surface area (TPSA) is 87.8 Å². The number of fused-ring (bicyclic) bond motifs is 1. The largest absolute Gasteiger partial charge is 0.325 e. The van der Waals surface area contributed by atoms with E-state index >= 15 is 0 Å². The zero-order valence-electron chi connectivity index (χ0n) is 14.8. The van der Waals surface area contributed by atoms with Crippen molar-refractivity contribution in [3.63, 3.8) is 0 Å². The second-order valence-corrected chi connectivity index (χ2v) is 6.84. The molecule has 3 aromatic rings. The number of carbonyl (C=O) groups excluding carboxylic acids is 1. The summed E-state index contributed by atoms with van der Waals surface area (Å²) in [7, 11) is 0. The molecule has 1 N–H and O–H groups in total. The van der Waals surface area contributed by atoms with Gasteiger partial charge in [-0.3, -0.25) is 14.2 Å². The number of aromatic nitrogens is 2. The van der Waals surface area contributed by atoms with Crippen molar-refractivity contribution in [2.24, 2.45) is 0 Å². The molecule has 27 heavy (non-hydrogen) atoms. The van der Waals surface area contributed by atoms with Gasteiger partial charge in [0.2, 0.25) is 5.91 Å². The summed E-state index contributed by atoms with van der Waals surface area (Å²) in [6, 6.07) is 15.9. The summed E-state index contributed by atoms with van der Waals surface area (Å²) in [5, 5.41) is 12.7. The second kappa shape index (κ2) is 8.52. The lowest BCUT2D eigenvalue weighted by Gasteiger charge is -2.12. The molecule has 1 heterocycles. The van der Waals surface area contributed by atoms with Gasteiger partial charge in [0.25, 0.3) is 5.56 Å². The van der Waals surface area contributed by atoms with Gasteiger partial charge in [-0.05, 0) is 42.8 Å². The van der Waals surface area contributed by atoms with E-state index in [2.05, 4.69) is 10.3 Å². The minimum Gasteiger partial charge on any atom is -0.325 e. The molecular formula is C20H18N4O2S. The van der Waals surface area contributed by atoms with E-state index in [0.717, 1.165) is 6.42 Å². The Morgan fingerprint density at radius 1 is 1.22 bits per heavy atom. The fourth-order valence-corrected chi connectivity index (χ4v) is 3.46. The maximum atomic E-state index is 12.7. The van der Waals surface area contributed by atoms with Crippen molar-refractivity contribution in [2.45, 2.75) is 25.0 Å². The smallest absolute Gasteiger partial charge is 0.262 e. The summed E-state index contributed by atoms with van der Waals surface area (Å²) in [5.74, 6) is -0.0655. The molecular weight excluding hydrogens is 360 g/mol. The van der Waals surface area contributed by atoms with Gasteiger partial charge in [0.1, 0.15) is 0 Å². The van der Waals surface area contributed by atoms with Crippen LogP contribution in [0.2, 0.25) is 0 Å². The third-order valence-corrected chi connectivity index (χ3v) is 4.88. The minimum absolute atomic E-state index is 0.0857. The number of anilines is 1. The van der Waals surface area contributed by atoms with Crippen LogP contribution in [0.4, 0.5) is 5.69 Å². The molecule has 1 aromatic heterocycles. The fourth-order valence-electron chi connectivity index (χ4n) is 2.63. The van der Waals surface area contributed by atoms with Gasteiger partial charge < -0.3 is 5.32 Å². The van der Waals surface area contributed by atoms with Crippen LogP contribution in [0.25, 0.3) is 10.9 Å². The van der Waals surface area contributed by atoms with Crippen molar-refractivity contribution < 1.29 is 4.79 Å². The van der Waals surface area contributed by atoms with Crippen LogP contribution in [0, 0.1) is 11.3 Å². The summed E-state index contributed by atoms with van der Waals surface area (Å²) >= 11 is 1.24. The third kappa shape index (κ3) is 4.36. The molecule has 0 atom stereocenters. The number of thioether (sulfide) groups is 1. The van der Waals surface area contributed by atoms with Gasteiger partial charge in [0, 0.05) is 12.2 Å². The number of rotatable bonds is 6. The summed E-state index contributed by atoms with van der Waals surface area (Å²) < 4.78 is 1.63. The SMILES string of the molecule is CCCn1c(SCC(=O)Nc2ccc(C#N)cc2)nc2ccccc2c1=O. The average Bonchev–Trinajstić information content (AvgIpc) is 2.69. The van der Waals surface area contributed by atoms with Crippen LogP contribution in [-0.2, 0) is 11.3 Å². The molecule has 1 amide bonds. The highest BCUT2D eigenvalue weighted by atomic mass is 32.2. The van der Waals surface area contributed by atoms with Crippen LogP contribution in [-0.4, -0.2) is 21.2 Å². The number of nitrogens with zero attached hydrogens (tertiary/aromatic N) is 3. The van der Waals surface area contributed by atoms with Gasteiger partial charge in [-0.2, -0.15) is 5.26 Å². The molecule has 3 rings (SSSR count). The molecule has 136 valence electrons. The highest BCUT2D eigenvalue weighted by Crippen LogP contribution is 2.19. The third-order valence-electron chi connectivity index (χ3n) is 3.90. The van der Waals surface area contributed by atoms with Crippen LogP contribution < -0.4 is 10.9 Å². The fraction of sp³-hybridized carbons (Fsp3) is 0.200. The van der Waals surface area contributed by atoms with Gasteiger partial charge >= 0.3 is 0 Å². The number of hydrogen-bond donors (Lipinski definition) is 1. The van der Waals surface area contributed by atoms with E-state index in [-0.39, 0.29) is 17.2 Å². The van der Waals surface area contributed by atoms with E-state index in [1.54, 1.807) is 41.0 Å². The molecule has 0 fully saturated rings. The lowest BCUT2D eigenvalue weighted by atomic mass is 10.2. The molecule has 0 aliphatic rings. The Morgan fingerprint density at radius 2 is 1.96 bits per heavy atom. The molecule has 0 aliphatic carbocycles. The predicted octanol–water partition coefficient (Wildman–Crippen LogP) is 3.41. The number of nitrogens with one attached hydrogen (secondary N) is 1. The molecule has 6 nitrogen and oxygen atoms in total. The highest BCUT2D eigenvalue weighted by molar-refractivity contribution is 7.99. The highest BCUT2D eigenvalue weighted by Gasteiger charge is 2.13. The lowest BCUT2D eigenvalue weighted by Crippen LogP contribution is -2.24. The van der Waals surface area contributed by atoms with Crippen LogP contribution >= 0.6 is 11.8 Å². The molecule has 0 spiro atoms. The van der Waals surface area contributed by atoms with E-state index < -0.39 is 0 Å². The van der Waals surface area contributed by atoms with Crippen molar-refractivity contribution in [3.05, 3.63) is 64.4 Å². The van der Waals surface area contributed by atoms with E-state index in [0.29, 0.717) is 33.9 Å². The van der Waals surface area contributed by atoms with Gasteiger partial charge in [0.05, 0.1) is 28.3 Å². The zero-order valence-corrected chi connectivity index (χ0v) is 15.6. The molecule has 0 unspecified atom stereocenters. The monoisotopic (exact) mass is 378 g/mol. The van der Waals surface area contributed by atoms with Gasteiger partial charge in [-0.25, -0.2) is 4.98 Å². The van der Waals surface area contributed by atoms with Crippen molar-refractivity contribution in [1.82, 2.24) is 9.55 Å². The Balaban J connectivity index is 1.77. The zero-order chi connectivity index (χ0) is 19.2. The van der Waals surface area contributed by atoms with Crippen LogP contribution in [0.1, 0.15) is 18.9 Å². The molecule has 0 bridgehead atoms. The van der Waals surface area contributed by atoms with Crippen molar-refractivity contribution >= 4 is 34.3 Å². The average molecular weight is 378 g/mol. The molecule has 0 saturated carbocycles. The summed E-state index contributed by atoms with van der Waals surface area (Å²) in [4.78, 5) is 29.5. The molecule has 2 aromatic carbocycles. The number of carbonyl (C=O) groups is 1. The predicted molar refractivity (Wildman–Crippen MR) is 107 cm³/mol. The second-order valence-electron chi connectivity index (χ2n) is 5.89. The summed E-state index contributed by atoms with van der Waals surface area (Å²) in [5.41, 5.74) is 1.70. The molecule has 7 heteroatoms. The minimum atomic E-state index is -0.199. The molecule has 0 radical (unpaired) electrons. The van der Waals surface area contributed by atoms with E-state index in [4.69, 9.17) is 5.26 Å². The first-order valence-electron chi connectivity index (χ1n) is 8.54. The number of hydrogen-bond acceptors (Lipinski definition) is 5. The standard InChI is InChI=1S/C20H18N4O2S/c1-2-11-24-19(26)16-5-3-4-6-17(16)23-20(24)27-13-18(25)22-15-9-7-14(12-21)8-10-15/h3-10H,2,11,13H2,1H3,(H,22,25). The van der Waals surface area contributed by atoms with E-state index in [1.165, 1.54) is 11.8 Å². The van der Waals surface area contributed by atoms with Crippen molar-refractivity contribution in [3.8, 4) is 6.07 Å².